The van der Waals surface area contributed by atoms with Crippen molar-refractivity contribution in [2.24, 2.45) is 5.73 Å². The monoisotopic (exact) mass is 408 g/mol. The van der Waals surface area contributed by atoms with Crippen molar-refractivity contribution in [3.8, 4) is 0 Å². The molecule has 2 atom stereocenters. The molecule has 158 valence electrons. The molecule has 0 aliphatic carbocycles. The molecule has 0 saturated heterocycles. The Kier molecular flexibility index (Phi) is 7.99. The average molecular weight is 409 g/mol. The summed E-state index contributed by atoms with van der Waals surface area (Å²) in [6, 6.07) is 9.08. The van der Waals surface area contributed by atoms with Gasteiger partial charge in [-0.2, -0.15) is 0 Å². The summed E-state index contributed by atoms with van der Waals surface area (Å²) in [5.74, 6) is -0.567. The minimum absolute atomic E-state index is 0.107. The molecule has 1 aromatic carbocycles. The number of hydrogen-bond acceptors (Lipinski definition) is 5. The number of ether oxygens (including phenoxy) is 1. The van der Waals surface area contributed by atoms with E-state index < -0.39 is 38.1 Å². The Hall–Kier alpha value is -1.70. The second kappa shape index (κ2) is 9.20. The molecule has 7 heteroatoms. The van der Waals surface area contributed by atoms with Crippen LogP contribution < -0.4 is 11.1 Å². The molecule has 1 aromatic rings. The molecule has 6 nitrogen and oxygen atoms in total. The van der Waals surface area contributed by atoms with E-state index in [2.05, 4.69) is 39.2 Å². The van der Waals surface area contributed by atoms with Crippen molar-refractivity contribution in [2.45, 2.75) is 83.8 Å². The molecule has 0 bridgehead atoms. The van der Waals surface area contributed by atoms with E-state index in [1.54, 1.807) is 20.8 Å². The Labute approximate surface area is 170 Å². The fraction of sp³-hybridized carbons (Fsp3) is 0.619. The quantitative estimate of drug-likeness (QED) is 0.694. The van der Waals surface area contributed by atoms with Crippen LogP contribution in [0.4, 0.5) is 4.79 Å². The molecule has 2 amide bonds. The summed E-state index contributed by atoms with van der Waals surface area (Å²) in [6.45, 7) is 15.6. The highest BCUT2D eigenvalue weighted by Crippen LogP contribution is 2.37. The number of benzene rings is 1. The maximum Gasteiger partial charge on any atom is 0.414 e. The highest BCUT2D eigenvalue weighted by atomic mass is 28.4. The molecule has 0 aromatic heterocycles. The van der Waals surface area contributed by atoms with Gasteiger partial charge in [0.1, 0.15) is 11.7 Å². The van der Waals surface area contributed by atoms with E-state index in [0.29, 0.717) is 6.42 Å². The van der Waals surface area contributed by atoms with E-state index in [1.807, 2.05) is 30.3 Å². The summed E-state index contributed by atoms with van der Waals surface area (Å²) in [5.41, 5.74) is 6.69. The summed E-state index contributed by atoms with van der Waals surface area (Å²) in [5, 5.41) is 2.19. The van der Waals surface area contributed by atoms with Crippen molar-refractivity contribution < 1.29 is 18.8 Å². The van der Waals surface area contributed by atoms with Crippen LogP contribution in [-0.2, 0) is 20.4 Å². The van der Waals surface area contributed by atoms with E-state index in [-0.39, 0.29) is 5.04 Å². The first-order chi connectivity index (χ1) is 12.6. The zero-order valence-electron chi connectivity index (χ0n) is 18.5. The molecule has 0 heterocycles. The molecule has 1 rings (SSSR count). The highest BCUT2D eigenvalue weighted by Gasteiger charge is 2.42. The lowest BCUT2D eigenvalue weighted by atomic mass is 10.0. The van der Waals surface area contributed by atoms with Gasteiger partial charge in [-0.3, -0.25) is 10.1 Å². The number of alkyl carbamates (subject to hydrolysis) is 1. The van der Waals surface area contributed by atoms with Crippen molar-refractivity contribution in [3.63, 3.8) is 0 Å². The van der Waals surface area contributed by atoms with Crippen LogP contribution in [0.2, 0.25) is 18.1 Å². The second-order valence-corrected chi connectivity index (χ2v) is 14.4. The Morgan fingerprint density at radius 2 is 1.61 bits per heavy atom. The van der Waals surface area contributed by atoms with E-state index in [4.69, 9.17) is 14.9 Å². The van der Waals surface area contributed by atoms with Gasteiger partial charge in [0.2, 0.25) is 0 Å². The largest absolute Gasteiger partial charge is 0.444 e. The predicted octanol–water partition coefficient (Wildman–Crippen LogP) is 4.00. The van der Waals surface area contributed by atoms with Gasteiger partial charge in [-0.15, -0.1) is 0 Å². The van der Waals surface area contributed by atoms with Crippen molar-refractivity contribution in [1.82, 2.24) is 5.32 Å². The van der Waals surface area contributed by atoms with Crippen LogP contribution >= 0.6 is 0 Å². The summed E-state index contributed by atoms with van der Waals surface area (Å²) in [7, 11) is -2.30. The Morgan fingerprint density at radius 1 is 1.07 bits per heavy atom. The number of imide groups is 1. The minimum atomic E-state index is -2.30. The number of amides is 2. The van der Waals surface area contributed by atoms with E-state index in [9.17, 15) is 9.59 Å². The number of rotatable bonds is 6. The predicted molar refractivity (Wildman–Crippen MR) is 115 cm³/mol. The fourth-order valence-electron chi connectivity index (χ4n) is 2.30. The molecule has 0 aliphatic heterocycles. The Balaban J connectivity index is 3.02. The van der Waals surface area contributed by atoms with Crippen LogP contribution in [0, 0.1) is 0 Å². The van der Waals surface area contributed by atoms with Crippen LogP contribution in [0.1, 0.15) is 47.1 Å². The molecule has 0 fully saturated rings. The van der Waals surface area contributed by atoms with Crippen molar-refractivity contribution in [3.05, 3.63) is 35.9 Å². The normalized spacial score (nSPS) is 14.9. The zero-order chi connectivity index (χ0) is 21.8. The van der Waals surface area contributed by atoms with Gasteiger partial charge >= 0.3 is 6.09 Å². The van der Waals surface area contributed by atoms with Gasteiger partial charge in [0.15, 0.2) is 8.32 Å². The summed E-state index contributed by atoms with van der Waals surface area (Å²) < 4.78 is 11.5. The first-order valence-corrected chi connectivity index (χ1v) is 12.5. The van der Waals surface area contributed by atoms with Crippen LogP contribution in [-0.4, -0.2) is 38.1 Å². The zero-order valence-corrected chi connectivity index (χ0v) is 19.5. The molecule has 0 aliphatic rings. The summed E-state index contributed by atoms with van der Waals surface area (Å²) >= 11 is 0. The van der Waals surface area contributed by atoms with Crippen molar-refractivity contribution in [1.29, 1.82) is 0 Å². The van der Waals surface area contributed by atoms with Crippen LogP contribution in [0.15, 0.2) is 30.3 Å². The minimum Gasteiger partial charge on any atom is -0.444 e. The van der Waals surface area contributed by atoms with Gasteiger partial charge in [-0.05, 0) is 50.9 Å². The van der Waals surface area contributed by atoms with Gasteiger partial charge in [-0.1, -0.05) is 51.1 Å². The summed E-state index contributed by atoms with van der Waals surface area (Å²) in [6.07, 6.45) is -1.29. The lowest BCUT2D eigenvalue weighted by molar-refractivity contribution is -0.129. The lowest BCUT2D eigenvalue weighted by Gasteiger charge is -2.40. The first-order valence-electron chi connectivity index (χ1n) is 9.63. The van der Waals surface area contributed by atoms with Crippen molar-refractivity contribution in [2.75, 3.05) is 0 Å². The van der Waals surface area contributed by atoms with E-state index in [1.165, 1.54) is 0 Å². The van der Waals surface area contributed by atoms with Gasteiger partial charge in [0.25, 0.3) is 5.91 Å². The van der Waals surface area contributed by atoms with E-state index >= 15 is 0 Å². The SMILES string of the molecule is CC(C)(C)OC(=O)NC(=O)[C@H](O[Si](C)(C)C(C)(C)C)[C@@H](N)Cc1ccccc1. The first kappa shape index (κ1) is 24.3. The number of carbonyl (C=O) groups excluding carboxylic acids is 2. The number of hydrogen-bond donors (Lipinski definition) is 2. The Bertz CT molecular complexity index is 663. The second-order valence-electron chi connectivity index (χ2n) is 9.64. The number of nitrogens with two attached hydrogens (primary N) is 1. The third kappa shape index (κ3) is 7.73. The highest BCUT2D eigenvalue weighted by molar-refractivity contribution is 6.74. The molecule has 3 N–H and O–H groups in total. The van der Waals surface area contributed by atoms with Crippen LogP contribution in [0.5, 0.6) is 0 Å². The van der Waals surface area contributed by atoms with Gasteiger partial charge in [-0.25, -0.2) is 4.79 Å². The lowest BCUT2D eigenvalue weighted by Crippen LogP contribution is -2.56. The molecule has 0 spiro atoms. The maximum absolute atomic E-state index is 12.9. The molecule has 0 radical (unpaired) electrons. The molecule has 0 saturated carbocycles. The van der Waals surface area contributed by atoms with Gasteiger partial charge < -0.3 is 14.9 Å². The molecular weight excluding hydrogens is 372 g/mol. The average Bonchev–Trinajstić information content (AvgIpc) is 2.50. The third-order valence-corrected chi connectivity index (χ3v) is 9.27. The maximum atomic E-state index is 12.9. The van der Waals surface area contributed by atoms with Gasteiger partial charge in [0.05, 0.1) is 0 Å². The summed E-state index contributed by atoms with van der Waals surface area (Å²) in [4.78, 5) is 25.0. The molecular formula is C21H36N2O4Si. The number of carbonyl (C=O) groups is 2. The van der Waals surface area contributed by atoms with Crippen LogP contribution in [0.3, 0.4) is 0 Å². The molecule has 28 heavy (non-hydrogen) atoms. The smallest absolute Gasteiger partial charge is 0.414 e. The number of nitrogens with one attached hydrogen (secondary N) is 1. The fourth-order valence-corrected chi connectivity index (χ4v) is 3.57. The van der Waals surface area contributed by atoms with Crippen molar-refractivity contribution >= 4 is 20.3 Å². The molecule has 0 unspecified atom stereocenters. The van der Waals surface area contributed by atoms with Crippen LogP contribution in [0.25, 0.3) is 0 Å². The third-order valence-electron chi connectivity index (χ3n) is 4.81. The standard InChI is InChI=1S/C21H36N2O4Si/c1-20(2,3)26-19(25)23-18(24)17(27-28(7,8)21(4,5)6)16(22)14-15-12-10-9-11-13-15/h9-13,16-17H,14,22H2,1-8H3,(H,23,24,25)/t16-,17+/m0/s1. The topological polar surface area (TPSA) is 90.6 Å². The Morgan fingerprint density at radius 3 is 2.07 bits per heavy atom. The van der Waals surface area contributed by atoms with E-state index in [0.717, 1.165) is 5.56 Å². The van der Waals surface area contributed by atoms with Gasteiger partial charge in [0, 0.05) is 6.04 Å².